The number of carboxylic acids is 1. The third-order valence-electron chi connectivity index (χ3n) is 2.72. The van der Waals surface area contributed by atoms with Gasteiger partial charge < -0.3 is 9.84 Å². The van der Waals surface area contributed by atoms with Gasteiger partial charge in [-0.15, -0.1) is 0 Å². The number of carbonyl (C=O) groups is 2. The van der Waals surface area contributed by atoms with E-state index in [0.29, 0.717) is 5.02 Å². The number of carbonyl (C=O) groups excluding carboxylic acids is 1. The van der Waals surface area contributed by atoms with E-state index in [-0.39, 0.29) is 17.9 Å². The summed E-state index contributed by atoms with van der Waals surface area (Å²) < 4.78 is 5.01. The number of esters is 1. The van der Waals surface area contributed by atoms with E-state index in [0.717, 1.165) is 11.8 Å². The number of halogens is 1. The quantitative estimate of drug-likeness (QED) is 0.676. The van der Waals surface area contributed by atoms with E-state index in [9.17, 15) is 9.59 Å². The smallest absolute Gasteiger partial charge is 0.349 e. The van der Waals surface area contributed by atoms with Crippen LogP contribution in [0.4, 0.5) is 5.69 Å². The standard InChI is InChI=1S/C16H12ClNO4/c17-12-6-7-13(16(20)21)14(8-12)18-9-15(19)22-10-11-4-2-1-3-5-11/h1-9H,10H2,(H,20,21). The molecule has 0 saturated carbocycles. The monoisotopic (exact) mass is 317 g/mol. The SMILES string of the molecule is O=C(C=Nc1cc(Cl)ccc1C(=O)O)OCc1ccccc1. The highest BCUT2D eigenvalue weighted by atomic mass is 35.5. The summed E-state index contributed by atoms with van der Waals surface area (Å²) in [5.41, 5.74) is 0.895. The zero-order valence-corrected chi connectivity index (χ0v) is 12.2. The Bertz CT molecular complexity index is 713. The lowest BCUT2D eigenvalue weighted by Crippen LogP contribution is -2.05. The van der Waals surface area contributed by atoms with E-state index in [2.05, 4.69) is 4.99 Å². The van der Waals surface area contributed by atoms with Crippen molar-refractivity contribution in [3.63, 3.8) is 0 Å². The molecule has 0 aliphatic carbocycles. The fourth-order valence-electron chi connectivity index (χ4n) is 1.68. The van der Waals surface area contributed by atoms with Gasteiger partial charge in [-0.3, -0.25) is 0 Å². The van der Waals surface area contributed by atoms with Crippen molar-refractivity contribution in [1.82, 2.24) is 0 Å². The molecular formula is C16H12ClNO4. The number of carboxylic acid groups (broad SMARTS) is 1. The minimum absolute atomic E-state index is 0.0449. The summed E-state index contributed by atoms with van der Waals surface area (Å²) in [6.07, 6.45) is 0.932. The zero-order chi connectivity index (χ0) is 15.9. The topological polar surface area (TPSA) is 76.0 Å². The van der Waals surface area contributed by atoms with Crippen molar-refractivity contribution in [1.29, 1.82) is 0 Å². The summed E-state index contributed by atoms with van der Waals surface area (Å²) in [5.74, 6) is -1.82. The first-order valence-electron chi connectivity index (χ1n) is 6.34. The summed E-state index contributed by atoms with van der Waals surface area (Å²) in [5, 5.41) is 9.37. The molecular weight excluding hydrogens is 306 g/mol. The van der Waals surface area contributed by atoms with Gasteiger partial charge in [-0.05, 0) is 23.8 Å². The van der Waals surface area contributed by atoms with Gasteiger partial charge in [0, 0.05) is 5.02 Å². The van der Waals surface area contributed by atoms with Crippen LogP contribution in [0.5, 0.6) is 0 Å². The normalized spacial score (nSPS) is 10.6. The summed E-state index contributed by atoms with van der Waals surface area (Å²) >= 11 is 5.80. The van der Waals surface area contributed by atoms with Crippen molar-refractivity contribution < 1.29 is 19.4 Å². The van der Waals surface area contributed by atoms with Gasteiger partial charge in [-0.1, -0.05) is 41.9 Å². The average molecular weight is 318 g/mol. The highest BCUT2D eigenvalue weighted by Gasteiger charge is 2.10. The van der Waals surface area contributed by atoms with Crippen LogP contribution in [0.3, 0.4) is 0 Å². The van der Waals surface area contributed by atoms with Crippen molar-refractivity contribution in [3.8, 4) is 0 Å². The Morgan fingerprint density at radius 3 is 2.59 bits per heavy atom. The second-order valence-corrected chi connectivity index (χ2v) is 4.75. The summed E-state index contributed by atoms with van der Waals surface area (Å²) in [4.78, 5) is 26.5. The van der Waals surface area contributed by atoms with Crippen LogP contribution in [0.2, 0.25) is 5.02 Å². The Labute approximate surface area is 131 Å². The molecule has 0 aliphatic heterocycles. The van der Waals surface area contributed by atoms with Gasteiger partial charge in [0.25, 0.3) is 0 Å². The molecule has 0 bridgehead atoms. The van der Waals surface area contributed by atoms with Gasteiger partial charge in [0.1, 0.15) is 12.8 Å². The number of benzene rings is 2. The van der Waals surface area contributed by atoms with E-state index in [1.165, 1.54) is 18.2 Å². The minimum Gasteiger partial charge on any atom is -0.478 e. The van der Waals surface area contributed by atoms with Gasteiger partial charge >= 0.3 is 11.9 Å². The van der Waals surface area contributed by atoms with E-state index >= 15 is 0 Å². The largest absolute Gasteiger partial charge is 0.478 e. The molecule has 0 radical (unpaired) electrons. The Kier molecular flexibility index (Phi) is 5.27. The highest BCUT2D eigenvalue weighted by Crippen LogP contribution is 2.23. The fraction of sp³-hybridized carbons (Fsp3) is 0.0625. The summed E-state index contributed by atoms with van der Waals surface area (Å²) in [6.45, 7) is 0.118. The van der Waals surface area contributed by atoms with Gasteiger partial charge in [0.05, 0.1) is 11.3 Å². The first kappa shape index (κ1) is 15.7. The van der Waals surface area contributed by atoms with Crippen LogP contribution in [-0.4, -0.2) is 23.3 Å². The van der Waals surface area contributed by atoms with Gasteiger partial charge in [-0.25, -0.2) is 14.6 Å². The number of hydrogen-bond donors (Lipinski definition) is 1. The maximum atomic E-state index is 11.6. The maximum Gasteiger partial charge on any atom is 0.349 e. The molecule has 0 aromatic heterocycles. The number of aromatic carboxylic acids is 1. The second-order valence-electron chi connectivity index (χ2n) is 4.32. The molecule has 2 aromatic carbocycles. The van der Waals surface area contributed by atoms with E-state index in [1.807, 2.05) is 30.3 Å². The molecule has 0 amide bonds. The molecule has 2 rings (SSSR count). The predicted octanol–water partition coefficient (Wildman–Crippen LogP) is 3.48. The molecule has 1 N–H and O–H groups in total. The number of rotatable bonds is 5. The first-order valence-corrected chi connectivity index (χ1v) is 6.71. The van der Waals surface area contributed by atoms with E-state index in [1.54, 1.807) is 0 Å². The molecule has 0 atom stereocenters. The van der Waals surface area contributed by atoms with Crippen LogP contribution in [0, 0.1) is 0 Å². The summed E-state index contributed by atoms with van der Waals surface area (Å²) in [6, 6.07) is 13.3. The van der Waals surface area contributed by atoms with Crippen molar-refractivity contribution in [3.05, 3.63) is 64.7 Å². The Balaban J connectivity index is 2.03. The van der Waals surface area contributed by atoms with Crippen LogP contribution in [-0.2, 0) is 16.1 Å². The molecule has 0 heterocycles. The predicted molar refractivity (Wildman–Crippen MR) is 82.8 cm³/mol. The molecule has 0 saturated heterocycles. The molecule has 0 fully saturated rings. The fourth-order valence-corrected chi connectivity index (χ4v) is 1.85. The van der Waals surface area contributed by atoms with Gasteiger partial charge in [0.2, 0.25) is 0 Å². The lowest BCUT2D eigenvalue weighted by atomic mass is 10.2. The molecule has 22 heavy (non-hydrogen) atoms. The second kappa shape index (κ2) is 7.38. The number of aliphatic imine (C=N–C) groups is 1. The third-order valence-corrected chi connectivity index (χ3v) is 2.96. The number of hydrogen-bond acceptors (Lipinski definition) is 4. The van der Waals surface area contributed by atoms with Crippen LogP contribution < -0.4 is 0 Å². The molecule has 6 heteroatoms. The molecule has 2 aromatic rings. The average Bonchev–Trinajstić information content (AvgIpc) is 2.51. The maximum absolute atomic E-state index is 11.6. The van der Waals surface area contributed by atoms with Crippen molar-refractivity contribution in [2.75, 3.05) is 0 Å². The van der Waals surface area contributed by atoms with E-state index < -0.39 is 11.9 Å². The zero-order valence-electron chi connectivity index (χ0n) is 11.4. The van der Waals surface area contributed by atoms with Crippen molar-refractivity contribution in [2.45, 2.75) is 6.61 Å². The van der Waals surface area contributed by atoms with Crippen LogP contribution in [0.15, 0.2) is 53.5 Å². The highest BCUT2D eigenvalue weighted by molar-refractivity contribution is 6.31. The third kappa shape index (κ3) is 4.43. The van der Waals surface area contributed by atoms with Crippen LogP contribution in [0.25, 0.3) is 0 Å². The molecule has 112 valence electrons. The number of ether oxygens (including phenoxy) is 1. The molecule has 5 nitrogen and oxygen atoms in total. The molecule has 0 aliphatic rings. The Hall–Kier alpha value is -2.66. The van der Waals surface area contributed by atoms with Crippen LogP contribution >= 0.6 is 11.6 Å². The van der Waals surface area contributed by atoms with Gasteiger partial charge in [0.15, 0.2) is 0 Å². The van der Waals surface area contributed by atoms with Crippen LogP contribution in [0.1, 0.15) is 15.9 Å². The molecule has 0 spiro atoms. The lowest BCUT2D eigenvalue weighted by Gasteiger charge is -2.03. The van der Waals surface area contributed by atoms with Crippen molar-refractivity contribution >= 4 is 35.4 Å². The minimum atomic E-state index is -1.15. The van der Waals surface area contributed by atoms with E-state index in [4.69, 9.17) is 21.4 Å². The van der Waals surface area contributed by atoms with Crippen molar-refractivity contribution in [2.24, 2.45) is 4.99 Å². The van der Waals surface area contributed by atoms with Gasteiger partial charge in [-0.2, -0.15) is 0 Å². The number of nitrogens with zero attached hydrogens (tertiary/aromatic N) is 1. The first-order chi connectivity index (χ1) is 10.6. The Morgan fingerprint density at radius 1 is 1.18 bits per heavy atom. The lowest BCUT2D eigenvalue weighted by molar-refractivity contribution is -0.136. The molecule has 0 unspecified atom stereocenters. The summed E-state index contributed by atoms with van der Waals surface area (Å²) in [7, 11) is 0. The Morgan fingerprint density at radius 2 is 1.91 bits per heavy atom.